The van der Waals surface area contributed by atoms with Gasteiger partial charge in [0.25, 0.3) is 5.91 Å². The summed E-state index contributed by atoms with van der Waals surface area (Å²) in [5, 5.41) is 20.2. The van der Waals surface area contributed by atoms with Gasteiger partial charge in [-0.25, -0.2) is 4.79 Å². The van der Waals surface area contributed by atoms with Gasteiger partial charge in [-0.2, -0.15) is 0 Å². The molecule has 3 N–H and O–H groups in total. The first kappa shape index (κ1) is 17.0. The second-order valence-electron chi connectivity index (χ2n) is 5.13. The molecule has 116 valence electrons. The molecule has 1 amide bonds. The number of aliphatic carboxylic acids is 1. The monoisotopic (exact) mass is 295 g/mol. The smallest absolute Gasteiger partial charge is 0.332 e. The van der Waals surface area contributed by atoms with Crippen molar-refractivity contribution in [1.82, 2.24) is 5.32 Å². The number of rotatable bonds is 8. The van der Waals surface area contributed by atoms with Crippen molar-refractivity contribution in [3.63, 3.8) is 0 Å². The fraction of sp³-hybridized carbons (Fsp3) is 0.467. The molecule has 6 nitrogen and oxygen atoms in total. The molecule has 0 aliphatic rings. The number of benzene rings is 1. The fourth-order valence-corrected chi connectivity index (χ4v) is 1.54. The summed E-state index contributed by atoms with van der Waals surface area (Å²) in [6.45, 7) is 4.72. The van der Waals surface area contributed by atoms with Gasteiger partial charge < -0.3 is 20.3 Å². The maximum absolute atomic E-state index is 11.9. The minimum absolute atomic E-state index is 0.0371. The van der Waals surface area contributed by atoms with E-state index in [9.17, 15) is 9.59 Å². The molecule has 1 rings (SSSR count). The van der Waals surface area contributed by atoms with Crippen molar-refractivity contribution < 1.29 is 24.5 Å². The van der Waals surface area contributed by atoms with Gasteiger partial charge in [-0.1, -0.05) is 19.9 Å². The summed E-state index contributed by atoms with van der Waals surface area (Å²) in [7, 11) is 0. The first-order valence-corrected chi connectivity index (χ1v) is 6.82. The Morgan fingerprint density at radius 2 is 2.05 bits per heavy atom. The molecule has 1 aromatic rings. The van der Waals surface area contributed by atoms with Crippen LogP contribution in [0.3, 0.4) is 0 Å². The largest absolute Gasteiger partial charge is 0.493 e. The number of carbonyl (C=O) groups is 2. The van der Waals surface area contributed by atoms with Crippen LogP contribution in [0.5, 0.6) is 5.75 Å². The molecule has 6 heteroatoms. The standard InChI is InChI=1S/C15H21NO5/c1-10(2)9-21-12-5-3-4-11(8-12)14(18)16-7-6-13(17)15(19)20/h3-5,8,10,13,17H,6-7,9H2,1-2H3,(H,16,18)(H,19,20)/t13-/m0/s1. The lowest BCUT2D eigenvalue weighted by Gasteiger charge is -2.10. The third-order valence-electron chi connectivity index (χ3n) is 2.67. The van der Waals surface area contributed by atoms with Crippen LogP contribution in [-0.4, -0.2) is 41.3 Å². The van der Waals surface area contributed by atoms with Crippen molar-refractivity contribution in [3.05, 3.63) is 29.8 Å². The number of carboxylic acids is 1. The van der Waals surface area contributed by atoms with Crippen molar-refractivity contribution in [2.75, 3.05) is 13.2 Å². The molecule has 0 radical (unpaired) electrons. The van der Waals surface area contributed by atoms with E-state index in [1.165, 1.54) is 0 Å². The maximum atomic E-state index is 11.9. The quantitative estimate of drug-likeness (QED) is 0.671. The zero-order valence-electron chi connectivity index (χ0n) is 12.2. The van der Waals surface area contributed by atoms with Crippen LogP contribution in [0.2, 0.25) is 0 Å². The number of carbonyl (C=O) groups excluding carboxylic acids is 1. The average Bonchev–Trinajstić information content (AvgIpc) is 2.45. The Hall–Kier alpha value is -2.08. The van der Waals surface area contributed by atoms with E-state index >= 15 is 0 Å². The molecular formula is C15H21NO5. The van der Waals surface area contributed by atoms with E-state index < -0.39 is 12.1 Å². The first-order valence-electron chi connectivity index (χ1n) is 6.82. The van der Waals surface area contributed by atoms with Crippen LogP contribution in [0.4, 0.5) is 0 Å². The first-order chi connectivity index (χ1) is 9.90. The van der Waals surface area contributed by atoms with Gasteiger partial charge in [0, 0.05) is 18.5 Å². The van der Waals surface area contributed by atoms with E-state index in [1.54, 1.807) is 24.3 Å². The van der Waals surface area contributed by atoms with Crippen LogP contribution >= 0.6 is 0 Å². The van der Waals surface area contributed by atoms with E-state index in [-0.39, 0.29) is 18.9 Å². The minimum atomic E-state index is -1.47. The Bertz CT molecular complexity index is 487. The number of aliphatic hydroxyl groups is 1. The SMILES string of the molecule is CC(C)COc1cccc(C(=O)NCC[C@H](O)C(=O)O)c1. The Kier molecular flexibility index (Phi) is 6.68. The number of amides is 1. The summed E-state index contributed by atoms with van der Waals surface area (Å²) >= 11 is 0. The highest BCUT2D eigenvalue weighted by atomic mass is 16.5. The molecule has 0 spiro atoms. The molecule has 0 aliphatic carbocycles. The number of aliphatic hydroxyl groups excluding tert-OH is 1. The molecule has 1 atom stereocenters. The van der Waals surface area contributed by atoms with Gasteiger partial charge >= 0.3 is 5.97 Å². The van der Waals surface area contributed by atoms with E-state index in [0.29, 0.717) is 23.8 Å². The Labute approximate surface area is 123 Å². The molecule has 1 aromatic carbocycles. The van der Waals surface area contributed by atoms with Crippen LogP contribution in [0.25, 0.3) is 0 Å². The van der Waals surface area contributed by atoms with Gasteiger partial charge in [-0.3, -0.25) is 4.79 Å². The Balaban J connectivity index is 2.50. The highest BCUT2D eigenvalue weighted by molar-refractivity contribution is 5.94. The lowest BCUT2D eigenvalue weighted by molar-refractivity contribution is -0.146. The van der Waals surface area contributed by atoms with E-state index in [1.807, 2.05) is 13.8 Å². The van der Waals surface area contributed by atoms with Crippen LogP contribution in [0.15, 0.2) is 24.3 Å². The molecular weight excluding hydrogens is 274 g/mol. The van der Waals surface area contributed by atoms with Crippen LogP contribution in [-0.2, 0) is 4.79 Å². The summed E-state index contributed by atoms with van der Waals surface area (Å²) in [4.78, 5) is 22.3. The maximum Gasteiger partial charge on any atom is 0.332 e. The average molecular weight is 295 g/mol. The van der Waals surface area contributed by atoms with Gasteiger partial charge in [0.1, 0.15) is 5.75 Å². The number of carboxylic acid groups (broad SMARTS) is 1. The Morgan fingerprint density at radius 1 is 1.33 bits per heavy atom. The van der Waals surface area contributed by atoms with Crippen molar-refractivity contribution in [2.24, 2.45) is 5.92 Å². The predicted molar refractivity (Wildman–Crippen MR) is 77.4 cm³/mol. The molecule has 0 heterocycles. The molecule has 0 fully saturated rings. The number of ether oxygens (including phenoxy) is 1. The lowest BCUT2D eigenvalue weighted by atomic mass is 10.2. The van der Waals surface area contributed by atoms with Crippen molar-refractivity contribution >= 4 is 11.9 Å². The van der Waals surface area contributed by atoms with Gasteiger partial charge in [-0.05, 0) is 24.1 Å². The summed E-state index contributed by atoms with van der Waals surface area (Å²) < 4.78 is 5.53. The van der Waals surface area contributed by atoms with E-state index in [0.717, 1.165) is 0 Å². The van der Waals surface area contributed by atoms with E-state index in [4.69, 9.17) is 14.9 Å². The van der Waals surface area contributed by atoms with Crippen molar-refractivity contribution in [3.8, 4) is 5.75 Å². The minimum Gasteiger partial charge on any atom is -0.493 e. The Morgan fingerprint density at radius 3 is 2.67 bits per heavy atom. The predicted octanol–water partition coefficient (Wildman–Crippen LogP) is 1.29. The van der Waals surface area contributed by atoms with E-state index in [2.05, 4.69) is 5.32 Å². The molecule has 0 unspecified atom stereocenters. The van der Waals surface area contributed by atoms with Crippen molar-refractivity contribution in [1.29, 1.82) is 0 Å². The van der Waals surface area contributed by atoms with Gasteiger partial charge in [0.15, 0.2) is 6.10 Å². The molecule has 0 aromatic heterocycles. The summed E-state index contributed by atoms with van der Waals surface area (Å²) in [5.41, 5.74) is 0.432. The third-order valence-corrected chi connectivity index (χ3v) is 2.67. The summed E-state index contributed by atoms with van der Waals surface area (Å²) in [6.07, 6.45) is -1.50. The van der Waals surface area contributed by atoms with Gasteiger partial charge in [-0.15, -0.1) is 0 Å². The number of hydrogen-bond acceptors (Lipinski definition) is 4. The molecule has 0 bridgehead atoms. The second-order valence-corrected chi connectivity index (χ2v) is 5.13. The highest BCUT2D eigenvalue weighted by Crippen LogP contribution is 2.14. The van der Waals surface area contributed by atoms with Crippen molar-refractivity contribution in [2.45, 2.75) is 26.4 Å². The van der Waals surface area contributed by atoms with Crippen LogP contribution < -0.4 is 10.1 Å². The molecule has 21 heavy (non-hydrogen) atoms. The number of nitrogens with one attached hydrogen (secondary N) is 1. The van der Waals surface area contributed by atoms with Gasteiger partial charge in [0.2, 0.25) is 0 Å². The second kappa shape index (κ2) is 8.26. The zero-order valence-corrected chi connectivity index (χ0v) is 12.2. The topological polar surface area (TPSA) is 95.9 Å². The molecule has 0 saturated carbocycles. The normalized spacial score (nSPS) is 12.0. The summed E-state index contributed by atoms with van der Waals surface area (Å²) in [5.74, 6) is -0.627. The number of hydrogen-bond donors (Lipinski definition) is 3. The van der Waals surface area contributed by atoms with Crippen LogP contribution in [0.1, 0.15) is 30.6 Å². The summed E-state index contributed by atoms with van der Waals surface area (Å²) in [6, 6.07) is 6.76. The zero-order chi connectivity index (χ0) is 15.8. The molecule has 0 saturated heterocycles. The highest BCUT2D eigenvalue weighted by Gasteiger charge is 2.13. The fourth-order valence-electron chi connectivity index (χ4n) is 1.54. The van der Waals surface area contributed by atoms with Gasteiger partial charge in [0.05, 0.1) is 6.61 Å². The third kappa shape index (κ3) is 6.27. The lowest BCUT2D eigenvalue weighted by Crippen LogP contribution is -2.30. The molecule has 0 aliphatic heterocycles. The van der Waals surface area contributed by atoms with Crippen LogP contribution in [0, 0.1) is 5.92 Å².